The highest BCUT2D eigenvalue weighted by Gasteiger charge is 2.04. The van der Waals surface area contributed by atoms with Crippen LogP contribution in [0, 0.1) is 6.92 Å². The van der Waals surface area contributed by atoms with Gasteiger partial charge >= 0.3 is 0 Å². The van der Waals surface area contributed by atoms with E-state index in [9.17, 15) is 0 Å². The number of benzene rings is 1. The van der Waals surface area contributed by atoms with Crippen molar-refractivity contribution in [3.05, 3.63) is 41.9 Å². The summed E-state index contributed by atoms with van der Waals surface area (Å²) in [6.45, 7) is 2.36. The number of nitrogen functional groups attached to an aromatic ring is 1. The molecule has 2 rings (SSSR count). The van der Waals surface area contributed by atoms with E-state index in [1.54, 1.807) is 6.20 Å². The van der Waals surface area contributed by atoms with E-state index in [0.29, 0.717) is 18.2 Å². The lowest BCUT2D eigenvalue weighted by Gasteiger charge is -2.05. The summed E-state index contributed by atoms with van der Waals surface area (Å²) < 4.78 is 0. The number of hydrogen-bond acceptors (Lipinski definition) is 4. The van der Waals surface area contributed by atoms with Crippen molar-refractivity contribution in [3.63, 3.8) is 0 Å². The molecule has 2 aromatic rings. The van der Waals surface area contributed by atoms with E-state index in [2.05, 4.69) is 9.97 Å². The van der Waals surface area contributed by atoms with Crippen molar-refractivity contribution in [3.8, 4) is 11.1 Å². The van der Waals surface area contributed by atoms with Crippen LogP contribution in [0.5, 0.6) is 0 Å². The Kier molecular flexibility index (Phi) is 2.83. The lowest BCUT2D eigenvalue weighted by atomic mass is 10.1. The Morgan fingerprint density at radius 3 is 2.44 bits per heavy atom. The first-order chi connectivity index (χ1) is 7.70. The molecule has 0 aliphatic heterocycles. The third-order valence-corrected chi connectivity index (χ3v) is 2.44. The zero-order valence-electron chi connectivity index (χ0n) is 9.14. The third kappa shape index (κ3) is 2.01. The number of aromatic nitrogens is 2. The minimum absolute atomic E-state index is 0.507. The molecule has 0 atom stereocenters. The largest absolute Gasteiger partial charge is 0.383 e. The SMILES string of the molecule is Cc1ncc(-c2ccc(CN)cc2)c(N)n1. The maximum Gasteiger partial charge on any atom is 0.135 e. The number of nitrogens with zero attached hydrogens (tertiary/aromatic N) is 2. The second-order valence-corrected chi connectivity index (χ2v) is 3.62. The van der Waals surface area contributed by atoms with Gasteiger partial charge in [-0.3, -0.25) is 0 Å². The van der Waals surface area contributed by atoms with E-state index >= 15 is 0 Å². The first kappa shape index (κ1) is 10.6. The predicted molar refractivity (Wildman–Crippen MR) is 64.5 cm³/mol. The number of anilines is 1. The molecular weight excluding hydrogens is 200 g/mol. The topological polar surface area (TPSA) is 77.8 Å². The second-order valence-electron chi connectivity index (χ2n) is 3.62. The zero-order chi connectivity index (χ0) is 11.5. The fraction of sp³-hybridized carbons (Fsp3) is 0.167. The molecule has 0 unspecified atom stereocenters. The van der Waals surface area contributed by atoms with Crippen LogP contribution >= 0.6 is 0 Å². The summed E-state index contributed by atoms with van der Waals surface area (Å²) in [4.78, 5) is 8.28. The van der Waals surface area contributed by atoms with Crippen LogP contribution in [0.3, 0.4) is 0 Å². The molecule has 1 heterocycles. The van der Waals surface area contributed by atoms with E-state index in [4.69, 9.17) is 11.5 Å². The Labute approximate surface area is 94.3 Å². The lowest BCUT2D eigenvalue weighted by Crippen LogP contribution is -1.99. The van der Waals surface area contributed by atoms with Gasteiger partial charge in [0.15, 0.2) is 0 Å². The van der Waals surface area contributed by atoms with Crippen LogP contribution < -0.4 is 11.5 Å². The quantitative estimate of drug-likeness (QED) is 0.794. The molecule has 0 saturated heterocycles. The van der Waals surface area contributed by atoms with Gasteiger partial charge in [-0.15, -0.1) is 0 Å². The first-order valence-corrected chi connectivity index (χ1v) is 5.09. The van der Waals surface area contributed by atoms with Gasteiger partial charge in [-0.05, 0) is 18.1 Å². The molecule has 1 aromatic carbocycles. The summed E-state index contributed by atoms with van der Waals surface area (Å²) in [5.41, 5.74) is 14.3. The maximum atomic E-state index is 5.85. The average Bonchev–Trinajstić information content (AvgIpc) is 2.29. The number of nitrogens with two attached hydrogens (primary N) is 2. The van der Waals surface area contributed by atoms with Gasteiger partial charge in [0.1, 0.15) is 11.6 Å². The van der Waals surface area contributed by atoms with Crippen LogP contribution in [-0.4, -0.2) is 9.97 Å². The van der Waals surface area contributed by atoms with Gasteiger partial charge in [-0.2, -0.15) is 0 Å². The van der Waals surface area contributed by atoms with Crippen molar-refractivity contribution in [2.75, 3.05) is 5.73 Å². The lowest BCUT2D eigenvalue weighted by molar-refractivity contribution is 1.06. The van der Waals surface area contributed by atoms with Gasteiger partial charge in [0, 0.05) is 18.3 Å². The van der Waals surface area contributed by atoms with Crippen LogP contribution in [0.1, 0.15) is 11.4 Å². The van der Waals surface area contributed by atoms with Gasteiger partial charge < -0.3 is 11.5 Å². The summed E-state index contributed by atoms with van der Waals surface area (Å²) in [7, 11) is 0. The highest BCUT2D eigenvalue weighted by molar-refractivity contribution is 5.72. The molecule has 0 radical (unpaired) electrons. The van der Waals surface area contributed by atoms with E-state index in [1.165, 1.54) is 0 Å². The van der Waals surface area contributed by atoms with Crippen LogP contribution in [0.4, 0.5) is 5.82 Å². The first-order valence-electron chi connectivity index (χ1n) is 5.09. The highest BCUT2D eigenvalue weighted by atomic mass is 14.9. The number of rotatable bonds is 2. The molecule has 0 aliphatic carbocycles. The Morgan fingerprint density at radius 2 is 1.88 bits per heavy atom. The molecule has 82 valence electrons. The molecule has 0 aliphatic rings. The fourth-order valence-corrected chi connectivity index (χ4v) is 1.53. The highest BCUT2D eigenvalue weighted by Crippen LogP contribution is 2.23. The van der Waals surface area contributed by atoms with E-state index in [1.807, 2.05) is 31.2 Å². The molecule has 4 nitrogen and oxygen atoms in total. The monoisotopic (exact) mass is 214 g/mol. The summed E-state index contributed by atoms with van der Waals surface area (Å²) in [5, 5.41) is 0. The smallest absolute Gasteiger partial charge is 0.135 e. The van der Waals surface area contributed by atoms with Gasteiger partial charge in [0.05, 0.1) is 0 Å². The molecule has 0 amide bonds. The molecule has 16 heavy (non-hydrogen) atoms. The van der Waals surface area contributed by atoms with Crippen molar-refractivity contribution in [2.45, 2.75) is 13.5 Å². The Bertz CT molecular complexity index is 491. The van der Waals surface area contributed by atoms with Crippen LogP contribution in [0.15, 0.2) is 30.5 Å². The van der Waals surface area contributed by atoms with E-state index in [-0.39, 0.29) is 0 Å². The number of hydrogen-bond donors (Lipinski definition) is 2. The molecule has 0 saturated carbocycles. The fourth-order valence-electron chi connectivity index (χ4n) is 1.53. The minimum atomic E-state index is 0.507. The molecule has 4 heteroatoms. The van der Waals surface area contributed by atoms with Gasteiger partial charge in [0.2, 0.25) is 0 Å². The van der Waals surface area contributed by atoms with Crippen LogP contribution in [-0.2, 0) is 6.54 Å². The zero-order valence-corrected chi connectivity index (χ0v) is 9.14. The van der Waals surface area contributed by atoms with Crippen molar-refractivity contribution in [2.24, 2.45) is 5.73 Å². The van der Waals surface area contributed by atoms with Crippen molar-refractivity contribution in [1.82, 2.24) is 9.97 Å². The van der Waals surface area contributed by atoms with E-state index in [0.717, 1.165) is 16.7 Å². The third-order valence-electron chi connectivity index (χ3n) is 2.44. The molecule has 1 aromatic heterocycles. The van der Waals surface area contributed by atoms with Crippen LogP contribution in [0.25, 0.3) is 11.1 Å². The van der Waals surface area contributed by atoms with Gasteiger partial charge in [-0.1, -0.05) is 24.3 Å². The summed E-state index contributed by atoms with van der Waals surface area (Å²) in [6, 6.07) is 7.92. The van der Waals surface area contributed by atoms with Crippen molar-refractivity contribution >= 4 is 5.82 Å². The summed E-state index contributed by atoms with van der Waals surface area (Å²) in [5.74, 6) is 1.19. The van der Waals surface area contributed by atoms with Gasteiger partial charge in [0.25, 0.3) is 0 Å². The Hall–Kier alpha value is -1.94. The molecule has 0 spiro atoms. The summed E-state index contributed by atoms with van der Waals surface area (Å²) >= 11 is 0. The van der Waals surface area contributed by atoms with Crippen molar-refractivity contribution < 1.29 is 0 Å². The molecule has 0 fully saturated rings. The standard InChI is InChI=1S/C12H14N4/c1-8-15-7-11(12(14)16-8)10-4-2-9(6-13)3-5-10/h2-5,7H,6,13H2,1H3,(H2,14,15,16). The summed E-state index contributed by atoms with van der Waals surface area (Å²) in [6.07, 6.45) is 1.75. The Balaban J connectivity index is 2.42. The maximum absolute atomic E-state index is 5.85. The number of aryl methyl sites for hydroxylation is 1. The molecular formula is C12H14N4. The predicted octanol–water partition coefficient (Wildman–Crippen LogP) is 1.49. The van der Waals surface area contributed by atoms with Gasteiger partial charge in [-0.25, -0.2) is 9.97 Å². The average molecular weight is 214 g/mol. The Morgan fingerprint density at radius 1 is 1.19 bits per heavy atom. The minimum Gasteiger partial charge on any atom is -0.383 e. The second kappa shape index (κ2) is 4.28. The van der Waals surface area contributed by atoms with Crippen LogP contribution in [0.2, 0.25) is 0 Å². The van der Waals surface area contributed by atoms with E-state index < -0.39 is 0 Å². The molecule has 4 N–H and O–H groups in total. The normalized spacial score (nSPS) is 10.4. The molecule has 0 bridgehead atoms. The van der Waals surface area contributed by atoms with Crippen molar-refractivity contribution in [1.29, 1.82) is 0 Å².